The average Bonchev–Trinajstić information content (AvgIpc) is 2.99. The molecule has 0 amide bonds. The van der Waals surface area contributed by atoms with Crippen molar-refractivity contribution in [3.8, 4) is 5.69 Å². The Kier molecular flexibility index (Phi) is 3.40. The van der Waals surface area contributed by atoms with E-state index in [1.165, 1.54) is 19.2 Å². The van der Waals surface area contributed by atoms with Gasteiger partial charge in [0.1, 0.15) is 0 Å². The number of rotatable bonds is 1. The molecule has 0 atom stereocenters. The molecule has 4 aromatic rings. The largest absolute Gasteiger partial charge is 0.277 e. The number of benzene rings is 2. The lowest BCUT2D eigenvalue weighted by Crippen LogP contribution is -2.25. The number of fused-ring (bicyclic) bond motifs is 2. The van der Waals surface area contributed by atoms with E-state index in [1.807, 2.05) is 33.8 Å². The lowest BCUT2D eigenvalue weighted by molar-refractivity contribution is 0.856. The number of nitrogens with zero attached hydrogens (tertiary/aromatic N) is 2. The van der Waals surface area contributed by atoms with Gasteiger partial charge in [-0.3, -0.25) is 23.7 Å². The molecule has 2 aromatic carbocycles. The molecular weight excluding hydrogens is 344 g/mol. The summed E-state index contributed by atoms with van der Waals surface area (Å²) in [6, 6.07) is 4.70. The van der Waals surface area contributed by atoms with Crippen molar-refractivity contribution in [2.75, 3.05) is 0 Å². The second kappa shape index (κ2) is 5.36. The summed E-state index contributed by atoms with van der Waals surface area (Å²) in [6.45, 7) is 7.68. The molecule has 0 radical (unpaired) electrons. The Hall–Kier alpha value is -3.28. The van der Waals surface area contributed by atoms with Crippen molar-refractivity contribution in [2.24, 2.45) is 7.05 Å². The topological polar surface area (TPSA) is 78.1 Å². The number of hydrogen-bond acceptors (Lipinski definition) is 4. The minimum absolute atomic E-state index is 0.159. The number of aromatic nitrogens is 2. The van der Waals surface area contributed by atoms with Gasteiger partial charge < -0.3 is 0 Å². The minimum atomic E-state index is -0.470. The first-order valence-electron chi connectivity index (χ1n) is 8.61. The van der Waals surface area contributed by atoms with Crippen LogP contribution in [0.3, 0.4) is 0 Å². The van der Waals surface area contributed by atoms with Crippen LogP contribution in [0.5, 0.6) is 0 Å². The van der Waals surface area contributed by atoms with Gasteiger partial charge in [0.05, 0.1) is 27.2 Å². The van der Waals surface area contributed by atoms with Crippen LogP contribution in [0.25, 0.3) is 27.2 Å². The standard InChI is InChI=1S/C21H18N2O4/c1-9-6-10(2)17(12(4)11(9)3)23-20(26)15-7-13-14(8-16(15)21(23)27)19(25)22(5)18(13)24/h6-8H,1-5H3. The maximum absolute atomic E-state index is 13.1. The zero-order chi connectivity index (χ0) is 19.8. The third-order valence-corrected chi connectivity index (χ3v) is 5.63. The molecule has 0 fully saturated rings. The Morgan fingerprint density at radius 1 is 0.593 bits per heavy atom. The van der Waals surface area contributed by atoms with Crippen LogP contribution >= 0.6 is 0 Å². The fourth-order valence-electron chi connectivity index (χ4n) is 3.91. The fraction of sp³-hybridized carbons (Fsp3) is 0.238. The van der Waals surface area contributed by atoms with Crippen LogP contribution in [0.2, 0.25) is 0 Å². The van der Waals surface area contributed by atoms with Crippen LogP contribution in [-0.2, 0) is 7.05 Å². The fourth-order valence-corrected chi connectivity index (χ4v) is 3.91. The molecule has 6 heteroatoms. The lowest BCUT2D eigenvalue weighted by atomic mass is 9.98. The van der Waals surface area contributed by atoms with E-state index in [4.69, 9.17) is 0 Å². The van der Waals surface area contributed by atoms with Gasteiger partial charge in [-0.25, -0.2) is 4.57 Å². The normalized spacial score (nSPS) is 11.7. The Morgan fingerprint density at radius 3 is 1.52 bits per heavy atom. The van der Waals surface area contributed by atoms with Crippen molar-refractivity contribution < 1.29 is 0 Å². The van der Waals surface area contributed by atoms with Crippen LogP contribution in [0, 0.1) is 27.7 Å². The van der Waals surface area contributed by atoms with E-state index >= 15 is 0 Å². The second-order valence-corrected chi connectivity index (χ2v) is 7.17. The number of aryl methyl sites for hydroxylation is 2. The molecular formula is C21H18N2O4. The molecule has 0 saturated carbocycles. The van der Waals surface area contributed by atoms with E-state index in [2.05, 4.69) is 0 Å². The molecule has 27 heavy (non-hydrogen) atoms. The first-order valence-corrected chi connectivity index (χ1v) is 8.61. The molecule has 0 aliphatic heterocycles. The highest BCUT2D eigenvalue weighted by atomic mass is 16.2. The van der Waals surface area contributed by atoms with E-state index in [0.29, 0.717) is 5.69 Å². The van der Waals surface area contributed by atoms with Crippen LogP contribution in [0.15, 0.2) is 37.4 Å². The van der Waals surface area contributed by atoms with Crippen LogP contribution in [0.4, 0.5) is 0 Å². The van der Waals surface area contributed by atoms with E-state index in [1.54, 1.807) is 0 Å². The molecule has 0 N–H and O–H groups in total. The summed E-state index contributed by atoms with van der Waals surface area (Å²) in [7, 11) is 1.38. The summed E-state index contributed by atoms with van der Waals surface area (Å²) in [5, 5.41) is 0.648. The van der Waals surface area contributed by atoms with E-state index < -0.39 is 22.2 Å². The van der Waals surface area contributed by atoms with E-state index in [-0.39, 0.29) is 21.5 Å². The first kappa shape index (κ1) is 17.1. The summed E-state index contributed by atoms with van der Waals surface area (Å²) >= 11 is 0. The molecule has 0 unspecified atom stereocenters. The summed E-state index contributed by atoms with van der Waals surface area (Å²) < 4.78 is 2.15. The van der Waals surface area contributed by atoms with Crippen LogP contribution < -0.4 is 22.2 Å². The Bertz CT molecular complexity index is 1410. The van der Waals surface area contributed by atoms with Gasteiger partial charge in [0.25, 0.3) is 22.2 Å². The third kappa shape index (κ3) is 2.07. The second-order valence-electron chi connectivity index (χ2n) is 7.17. The SMILES string of the molecule is Cc1cc(C)c(-n2c(=O)c3cc4c(=O)n(C)c(=O)c4cc3c2=O)c(C)c1C. The van der Waals surface area contributed by atoms with Crippen molar-refractivity contribution in [3.05, 3.63) is 81.9 Å². The summed E-state index contributed by atoms with van der Waals surface area (Å²) in [6.07, 6.45) is 0. The summed E-state index contributed by atoms with van der Waals surface area (Å²) in [4.78, 5) is 50.6. The maximum Gasteiger partial charge on any atom is 0.266 e. The molecule has 0 aliphatic carbocycles. The Balaban J connectivity index is 2.22. The Morgan fingerprint density at radius 2 is 1.04 bits per heavy atom. The minimum Gasteiger partial charge on any atom is -0.277 e. The van der Waals surface area contributed by atoms with Crippen molar-refractivity contribution in [1.29, 1.82) is 0 Å². The lowest BCUT2D eigenvalue weighted by Gasteiger charge is -2.14. The molecule has 4 rings (SSSR count). The average molecular weight is 362 g/mol. The van der Waals surface area contributed by atoms with Gasteiger partial charge >= 0.3 is 0 Å². The zero-order valence-electron chi connectivity index (χ0n) is 15.8. The quantitative estimate of drug-likeness (QED) is 0.516. The zero-order valence-corrected chi connectivity index (χ0v) is 15.8. The Labute approximate surface area is 153 Å². The molecule has 6 nitrogen and oxygen atoms in total. The highest BCUT2D eigenvalue weighted by Gasteiger charge is 2.21. The molecule has 0 saturated heterocycles. The smallest absolute Gasteiger partial charge is 0.266 e. The maximum atomic E-state index is 13.1. The van der Waals surface area contributed by atoms with Crippen molar-refractivity contribution >= 4 is 21.5 Å². The predicted octanol–water partition coefficient (Wildman–Crippen LogP) is 1.67. The van der Waals surface area contributed by atoms with Crippen LogP contribution in [0.1, 0.15) is 22.3 Å². The van der Waals surface area contributed by atoms with E-state index in [0.717, 1.165) is 31.4 Å². The van der Waals surface area contributed by atoms with Crippen molar-refractivity contribution in [3.63, 3.8) is 0 Å². The van der Waals surface area contributed by atoms with Gasteiger partial charge in [-0.1, -0.05) is 6.07 Å². The van der Waals surface area contributed by atoms with Gasteiger partial charge in [-0.05, 0) is 62.1 Å². The summed E-state index contributed by atoms with van der Waals surface area (Å²) in [5.74, 6) is 0. The highest BCUT2D eigenvalue weighted by Crippen LogP contribution is 2.24. The molecule has 2 heterocycles. The van der Waals surface area contributed by atoms with Gasteiger partial charge in [-0.15, -0.1) is 0 Å². The molecule has 2 aromatic heterocycles. The molecule has 0 spiro atoms. The van der Waals surface area contributed by atoms with Gasteiger partial charge in [0, 0.05) is 7.05 Å². The number of hydrogen-bond donors (Lipinski definition) is 0. The molecule has 136 valence electrons. The van der Waals surface area contributed by atoms with Gasteiger partial charge in [-0.2, -0.15) is 0 Å². The summed E-state index contributed by atoms with van der Waals surface area (Å²) in [5.41, 5.74) is 2.49. The highest BCUT2D eigenvalue weighted by molar-refractivity contribution is 5.98. The molecule has 0 bridgehead atoms. The predicted molar refractivity (Wildman–Crippen MR) is 106 cm³/mol. The van der Waals surface area contributed by atoms with Crippen molar-refractivity contribution in [2.45, 2.75) is 27.7 Å². The third-order valence-electron chi connectivity index (χ3n) is 5.63. The first-order chi connectivity index (χ1) is 12.6. The van der Waals surface area contributed by atoms with E-state index in [9.17, 15) is 19.2 Å². The van der Waals surface area contributed by atoms with Crippen molar-refractivity contribution in [1.82, 2.24) is 9.13 Å². The van der Waals surface area contributed by atoms with Crippen LogP contribution in [-0.4, -0.2) is 9.13 Å². The van der Waals surface area contributed by atoms with Gasteiger partial charge in [0.15, 0.2) is 0 Å². The molecule has 0 aliphatic rings. The monoisotopic (exact) mass is 362 g/mol. The van der Waals surface area contributed by atoms with Gasteiger partial charge in [0.2, 0.25) is 0 Å².